The Kier molecular flexibility index (Phi) is 6.63. The highest BCUT2D eigenvalue weighted by Crippen LogP contribution is 2.26. The fourth-order valence-electron chi connectivity index (χ4n) is 1.85. The Morgan fingerprint density at radius 2 is 1.89 bits per heavy atom. The highest BCUT2D eigenvalue weighted by atomic mass is 79.9. The maximum absolute atomic E-state index is 5.28. The summed E-state index contributed by atoms with van der Waals surface area (Å²) in [5.41, 5.74) is 1.18. The van der Waals surface area contributed by atoms with Gasteiger partial charge in [0.1, 0.15) is 5.75 Å². The number of hydrogen-bond donors (Lipinski definition) is 1. The van der Waals surface area contributed by atoms with E-state index in [9.17, 15) is 0 Å². The van der Waals surface area contributed by atoms with Gasteiger partial charge in [0.25, 0.3) is 0 Å². The largest absolute Gasteiger partial charge is 0.496 e. The molecular formula is C13H20BrNO3. The molecule has 1 aromatic carbocycles. The average molecular weight is 318 g/mol. The van der Waals surface area contributed by atoms with Crippen molar-refractivity contribution < 1.29 is 14.2 Å². The van der Waals surface area contributed by atoms with E-state index in [0.29, 0.717) is 0 Å². The zero-order valence-corrected chi connectivity index (χ0v) is 12.8. The van der Waals surface area contributed by atoms with Crippen molar-refractivity contribution in [2.75, 3.05) is 28.4 Å². The summed E-state index contributed by atoms with van der Waals surface area (Å²) in [7, 11) is 6.83. The molecule has 0 spiro atoms. The second kappa shape index (κ2) is 7.74. The van der Waals surface area contributed by atoms with Gasteiger partial charge in [-0.2, -0.15) is 0 Å². The Bertz CT molecular complexity index is 369. The van der Waals surface area contributed by atoms with Crippen LogP contribution in [0.4, 0.5) is 0 Å². The Balaban J connectivity index is 2.78. The Morgan fingerprint density at radius 1 is 1.22 bits per heavy atom. The van der Waals surface area contributed by atoms with Gasteiger partial charge in [0.05, 0.1) is 17.6 Å². The molecule has 0 fully saturated rings. The summed E-state index contributed by atoms with van der Waals surface area (Å²) in [5, 5.41) is 3.20. The second-order valence-electron chi connectivity index (χ2n) is 3.91. The van der Waals surface area contributed by atoms with Crippen molar-refractivity contribution in [3.8, 4) is 5.75 Å². The maximum atomic E-state index is 5.28. The van der Waals surface area contributed by atoms with Crippen molar-refractivity contribution in [1.29, 1.82) is 0 Å². The molecule has 0 amide bonds. The topological polar surface area (TPSA) is 39.7 Å². The molecule has 4 nitrogen and oxygen atoms in total. The summed E-state index contributed by atoms with van der Waals surface area (Å²) < 4.78 is 16.7. The average Bonchev–Trinajstić information content (AvgIpc) is 2.39. The van der Waals surface area contributed by atoms with Crippen LogP contribution in [0, 0.1) is 0 Å². The van der Waals surface area contributed by atoms with Gasteiger partial charge in [0.2, 0.25) is 0 Å². The lowest BCUT2D eigenvalue weighted by Crippen LogP contribution is -2.41. The first-order valence-corrected chi connectivity index (χ1v) is 6.50. The van der Waals surface area contributed by atoms with E-state index in [4.69, 9.17) is 14.2 Å². The molecule has 18 heavy (non-hydrogen) atoms. The third kappa shape index (κ3) is 3.95. The minimum atomic E-state index is -0.268. The first kappa shape index (κ1) is 15.4. The highest BCUT2D eigenvalue weighted by Gasteiger charge is 2.19. The van der Waals surface area contributed by atoms with E-state index in [1.165, 1.54) is 5.56 Å². The van der Waals surface area contributed by atoms with Crippen molar-refractivity contribution in [2.45, 2.75) is 18.8 Å². The minimum Gasteiger partial charge on any atom is -0.496 e. The number of likely N-dealkylation sites (N-methyl/N-ethyl adjacent to an activating group) is 1. The molecule has 1 unspecified atom stereocenters. The predicted octanol–water partition coefficient (Wildman–Crippen LogP) is 2.21. The van der Waals surface area contributed by atoms with Gasteiger partial charge in [-0.05, 0) is 47.1 Å². The molecule has 102 valence electrons. The van der Waals surface area contributed by atoms with Gasteiger partial charge in [-0.1, -0.05) is 6.07 Å². The van der Waals surface area contributed by atoms with Crippen LogP contribution in [0.3, 0.4) is 0 Å². The van der Waals surface area contributed by atoms with E-state index in [2.05, 4.69) is 21.2 Å². The SMILES string of the molecule is CNC(Cc1ccc(OC)c(Br)c1)C(OC)OC. The first-order valence-electron chi connectivity index (χ1n) is 5.71. The standard InChI is InChI=1S/C13H20BrNO3/c1-15-11(13(17-3)18-4)8-9-5-6-12(16-2)10(14)7-9/h5-7,11,13,15H,8H2,1-4H3. The Hall–Kier alpha value is -0.620. The van der Waals surface area contributed by atoms with Crippen LogP contribution in [0.25, 0.3) is 0 Å². The van der Waals surface area contributed by atoms with E-state index >= 15 is 0 Å². The number of nitrogens with one attached hydrogen (secondary N) is 1. The quantitative estimate of drug-likeness (QED) is 0.783. The van der Waals surface area contributed by atoms with E-state index in [1.54, 1.807) is 21.3 Å². The highest BCUT2D eigenvalue weighted by molar-refractivity contribution is 9.10. The van der Waals surface area contributed by atoms with Gasteiger partial charge in [0, 0.05) is 14.2 Å². The third-order valence-corrected chi connectivity index (χ3v) is 3.46. The smallest absolute Gasteiger partial charge is 0.172 e. The zero-order valence-electron chi connectivity index (χ0n) is 11.2. The van der Waals surface area contributed by atoms with Gasteiger partial charge in [-0.15, -0.1) is 0 Å². The number of hydrogen-bond acceptors (Lipinski definition) is 4. The predicted molar refractivity (Wildman–Crippen MR) is 75.1 cm³/mol. The van der Waals surface area contributed by atoms with Gasteiger partial charge in [-0.25, -0.2) is 0 Å². The van der Waals surface area contributed by atoms with E-state index < -0.39 is 0 Å². The normalized spacial score (nSPS) is 12.8. The van der Waals surface area contributed by atoms with Crippen LogP contribution in [0.2, 0.25) is 0 Å². The fraction of sp³-hybridized carbons (Fsp3) is 0.538. The molecule has 1 N–H and O–H groups in total. The summed E-state index contributed by atoms with van der Waals surface area (Å²) >= 11 is 3.48. The third-order valence-electron chi connectivity index (χ3n) is 2.84. The second-order valence-corrected chi connectivity index (χ2v) is 4.76. The van der Waals surface area contributed by atoms with Crippen LogP contribution in [0.15, 0.2) is 22.7 Å². The van der Waals surface area contributed by atoms with Crippen LogP contribution in [0.1, 0.15) is 5.56 Å². The molecule has 0 heterocycles. The molecule has 0 aliphatic carbocycles. The van der Waals surface area contributed by atoms with Crippen molar-refractivity contribution in [3.63, 3.8) is 0 Å². The Morgan fingerprint density at radius 3 is 2.33 bits per heavy atom. The number of halogens is 1. The lowest BCUT2D eigenvalue weighted by atomic mass is 10.1. The summed E-state index contributed by atoms with van der Waals surface area (Å²) in [6.45, 7) is 0. The molecule has 0 saturated carbocycles. The molecule has 0 radical (unpaired) electrons. The van der Waals surface area contributed by atoms with Gasteiger partial charge < -0.3 is 19.5 Å². The summed E-state index contributed by atoms with van der Waals surface area (Å²) in [4.78, 5) is 0. The maximum Gasteiger partial charge on any atom is 0.172 e. The van der Waals surface area contributed by atoms with Crippen LogP contribution in [-0.4, -0.2) is 40.7 Å². The van der Waals surface area contributed by atoms with Crippen molar-refractivity contribution in [2.24, 2.45) is 0 Å². The lowest BCUT2D eigenvalue weighted by molar-refractivity contribution is -0.121. The monoisotopic (exact) mass is 317 g/mol. The first-order chi connectivity index (χ1) is 8.65. The number of rotatable bonds is 7. The lowest BCUT2D eigenvalue weighted by Gasteiger charge is -2.24. The molecule has 0 saturated heterocycles. The van der Waals surface area contributed by atoms with E-state index in [-0.39, 0.29) is 12.3 Å². The summed E-state index contributed by atoms with van der Waals surface area (Å²) in [6.07, 6.45) is 0.543. The van der Waals surface area contributed by atoms with E-state index in [1.807, 2.05) is 25.2 Å². The molecule has 1 rings (SSSR count). The molecule has 0 aliphatic heterocycles. The Labute approximate surface area is 117 Å². The van der Waals surface area contributed by atoms with Crippen LogP contribution in [0.5, 0.6) is 5.75 Å². The molecule has 1 aromatic rings. The minimum absolute atomic E-state index is 0.0975. The van der Waals surface area contributed by atoms with E-state index in [0.717, 1.165) is 16.6 Å². The van der Waals surface area contributed by atoms with Gasteiger partial charge in [-0.3, -0.25) is 0 Å². The van der Waals surface area contributed by atoms with Crippen molar-refractivity contribution in [3.05, 3.63) is 28.2 Å². The van der Waals surface area contributed by atoms with Crippen molar-refractivity contribution in [1.82, 2.24) is 5.32 Å². The number of ether oxygens (including phenoxy) is 3. The zero-order chi connectivity index (χ0) is 13.5. The molecule has 0 aromatic heterocycles. The molecule has 1 atom stereocenters. The van der Waals surface area contributed by atoms with Crippen LogP contribution >= 0.6 is 15.9 Å². The molecular weight excluding hydrogens is 298 g/mol. The van der Waals surface area contributed by atoms with Gasteiger partial charge in [0.15, 0.2) is 6.29 Å². The fourth-order valence-corrected chi connectivity index (χ4v) is 2.44. The summed E-state index contributed by atoms with van der Waals surface area (Å²) in [5.74, 6) is 0.829. The van der Waals surface area contributed by atoms with Crippen molar-refractivity contribution >= 4 is 15.9 Å². The molecule has 0 aliphatic rings. The summed E-state index contributed by atoms with van der Waals surface area (Å²) in [6, 6.07) is 6.13. The molecule has 5 heteroatoms. The number of methoxy groups -OCH3 is 3. The molecule has 0 bridgehead atoms. The van der Waals surface area contributed by atoms with Crippen LogP contribution in [-0.2, 0) is 15.9 Å². The van der Waals surface area contributed by atoms with Crippen LogP contribution < -0.4 is 10.1 Å². The van der Waals surface area contributed by atoms with Gasteiger partial charge >= 0.3 is 0 Å². The number of benzene rings is 1.